The summed E-state index contributed by atoms with van der Waals surface area (Å²) in [6.45, 7) is 10.00. The molecule has 0 unspecified atom stereocenters. The van der Waals surface area contributed by atoms with Crippen LogP contribution in [-0.2, 0) is 4.74 Å². The average Bonchev–Trinajstić information content (AvgIpc) is 3.20. The summed E-state index contributed by atoms with van der Waals surface area (Å²) < 4.78 is 7.05. The number of hydrogen-bond acceptors (Lipinski definition) is 6. The van der Waals surface area contributed by atoms with Gasteiger partial charge in [0.15, 0.2) is 5.82 Å². The number of amides is 1. The quantitative estimate of drug-likeness (QED) is 0.659. The van der Waals surface area contributed by atoms with Crippen molar-refractivity contribution >= 4 is 5.91 Å². The van der Waals surface area contributed by atoms with Gasteiger partial charge in [-0.25, -0.2) is 0 Å². The average molecular weight is 421 g/mol. The molecule has 0 aliphatic carbocycles. The van der Waals surface area contributed by atoms with Crippen molar-refractivity contribution in [3.05, 3.63) is 59.4 Å². The molecule has 8 nitrogen and oxygen atoms in total. The Morgan fingerprint density at radius 2 is 1.84 bits per heavy atom. The van der Waals surface area contributed by atoms with Gasteiger partial charge in [-0.3, -0.25) is 9.69 Å². The zero-order valence-electron chi connectivity index (χ0n) is 18.2. The second-order valence-corrected chi connectivity index (χ2v) is 8.06. The van der Waals surface area contributed by atoms with Crippen LogP contribution in [0.15, 0.2) is 42.5 Å². The molecule has 1 N–H and O–H groups in total. The minimum absolute atomic E-state index is 0.0202. The number of aromatic nitrogens is 4. The van der Waals surface area contributed by atoms with E-state index < -0.39 is 0 Å². The smallest absolute Gasteiger partial charge is 0.251 e. The van der Waals surface area contributed by atoms with E-state index in [1.165, 1.54) is 5.56 Å². The van der Waals surface area contributed by atoms with Crippen LogP contribution < -0.4 is 5.32 Å². The summed E-state index contributed by atoms with van der Waals surface area (Å²) >= 11 is 0. The van der Waals surface area contributed by atoms with E-state index in [1.807, 2.05) is 32.0 Å². The summed E-state index contributed by atoms with van der Waals surface area (Å²) in [4.78, 5) is 15.4. The molecule has 8 heteroatoms. The fourth-order valence-electron chi connectivity index (χ4n) is 3.77. The van der Waals surface area contributed by atoms with Gasteiger partial charge < -0.3 is 10.1 Å². The topological polar surface area (TPSA) is 85.2 Å². The van der Waals surface area contributed by atoms with Crippen LogP contribution in [0.25, 0.3) is 16.8 Å². The summed E-state index contributed by atoms with van der Waals surface area (Å²) in [5.74, 6) is 0.551. The van der Waals surface area contributed by atoms with E-state index in [-0.39, 0.29) is 11.9 Å². The number of hydrogen-bond donors (Lipinski definition) is 1. The van der Waals surface area contributed by atoms with E-state index in [0.717, 1.165) is 49.7 Å². The Morgan fingerprint density at radius 3 is 2.52 bits per heavy atom. The van der Waals surface area contributed by atoms with Gasteiger partial charge in [-0.1, -0.05) is 29.8 Å². The Bertz CT molecular complexity index is 1040. The number of benzene rings is 2. The molecule has 1 fully saturated rings. The molecule has 31 heavy (non-hydrogen) atoms. The lowest BCUT2D eigenvalue weighted by Crippen LogP contribution is -2.46. The number of carbonyl (C=O) groups is 1. The molecule has 1 aliphatic rings. The summed E-state index contributed by atoms with van der Waals surface area (Å²) in [6.07, 6.45) is 0. The van der Waals surface area contributed by atoms with Gasteiger partial charge in [-0.2, -0.15) is 4.68 Å². The first kappa shape index (κ1) is 21.1. The van der Waals surface area contributed by atoms with Crippen LogP contribution in [-0.4, -0.2) is 69.9 Å². The monoisotopic (exact) mass is 420 g/mol. The van der Waals surface area contributed by atoms with Crippen LogP contribution in [0.2, 0.25) is 0 Å². The first-order valence-corrected chi connectivity index (χ1v) is 10.6. The Morgan fingerprint density at radius 1 is 1.10 bits per heavy atom. The number of nitrogens with one attached hydrogen (secondary N) is 1. The molecule has 3 aromatic rings. The molecule has 0 bridgehead atoms. The lowest BCUT2D eigenvalue weighted by atomic mass is 10.0. The number of rotatable bonds is 6. The maximum Gasteiger partial charge on any atom is 0.251 e. The van der Waals surface area contributed by atoms with Crippen molar-refractivity contribution in [2.24, 2.45) is 0 Å². The lowest BCUT2D eigenvalue weighted by Gasteiger charge is -2.29. The highest BCUT2D eigenvalue weighted by Gasteiger charge is 2.18. The van der Waals surface area contributed by atoms with E-state index in [2.05, 4.69) is 56.9 Å². The molecule has 4 rings (SSSR count). The van der Waals surface area contributed by atoms with Gasteiger partial charge in [-0.15, -0.1) is 5.10 Å². The van der Waals surface area contributed by atoms with Gasteiger partial charge in [0.1, 0.15) is 0 Å². The third-order valence-corrected chi connectivity index (χ3v) is 5.45. The zero-order valence-corrected chi connectivity index (χ0v) is 18.2. The molecular weight excluding hydrogens is 392 g/mol. The Kier molecular flexibility index (Phi) is 6.39. The number of ether oxygens (including phenoxy) is 1. The molecular formula is C23H28N6O2. The van der Waals surface area contributed by atoms with Crippen molar-refractivity contribution < 1.29 is 9.53 Å². The standard InChI is InChI=1S/C23H28N6O2/c1-16-4-6-19(7-5-16)20-12-21(14-22(13-20)29-18(3)25-26-27-29)23(30)24-17(2)15-28-8-10-31-11-9-28/h4-7,12-14,17H,8-11,15H2,1-3H3,(H,24,30)/t17-/m1/s1. The highest BCUT2D eigenvalue weighted by molar-refractivity contribution is 5.96. The Labute approximate surface area is 182 Å². The minimum atomic E-state index is -0.110. The molecule has 0 saturated carbocycles. The van der Waals surface area contributed by atoms with Gasteiger partial charge in [0.05, 0.1) is 18.9 Å². The van der Waals surface area contributed by atoms with Crippen molar-refractivity contribution in [2.45, 2.75) is 26.8 Å². The van der Waals surface area contributed by atoms with Crippen molar-refractivity contribution in [2.75, 3.05) is 32.8 Å². The van der Waals surface area contributed by atoms with Crippen molar-refractivity contribution in [3.8, 4) is 16.8 Å². The van der Waals surface area contributed by atoms with Gasteiger partial charge >= 0.3 is 0 Å². The molecule has 1 saturated heterocycles. The Balaban J connectivity index is 1.60. The fraction of sp³-hybridized carbons (Fsp3) is 0.391. The molecule has 2 aromatic carbocycles. The second-order valence-electron chi connectivity index (χ2n) is 8.06. The SMILES string of the molecule is Cc1ccc(-c2cc(C(=O)N[C@H](C)CN3CCOCC3)cc(-n3nnnc3C)c2)cc1. The molecule has 2 heterocycles. The molecule has 1 atom stereocenters. The first-order valence-electron chi connectivity index (χ1n) is 10.6. The predicted molar refractivity (Wildman–Crippen MR) is 118 cm³/mol. The number of tetrazole rings is 1. The highest BCUT2D eigenvalue weighted by Crippen LogP contribution is 2.25. The van der Waals surface area contributed by atoms with E-state index in [1.54, 1.807) is 4.68 Å². The second kappa shape index (κ2) is 9.36. The molecule has 162 valence electrons. The highest BCUT2D eigenvalue weighted by atomic mass is 16.5. The number of aryl methyl sites for hydroxylation is 2. The molecule has 1 aliphatic heterocycles. The zero-order chi connectivity index (χ0) is 21.8. The van der Waals surface area contributed by atoms with Gasteiger partial charge in [-0.05, 0) is 60.5 Å². The van der Waals surface area contributed by atoms with Crippen LogP contribution in [0.4, 0.5) is 0 Å². The van der Waals surface area contributed by atoms with Crippen molar-refractivity contribution in [3.63, 3.8) is 0 Å². The molecule has 0 spiro atoms. The van der Waals surface area contributed by atoms with E-state index in [4.69, 9.17) is 4.74 Å². The number of morpholine rings is 1. The van der Waals surface area contributed by atoms with Gasteiger partial charge in [0.25, 0.3) is 5.91 Å². The summed E-state index contributed by atoms with van der Waals surface area (Å²) in [5.41, 5.74) is 4.50. The summed E-state index contributed by atoms with van der Waals surface area (Å²) in [7, 11) is 0. The van der Waals surface area contributed by atoms with Gasteiger partial charge in [0, 0.05) is 31.2 Å². The summed E-state index contributed by atoms with van der Waals surface area (Å²) in [5, 5.41) is 14.9. The number of nitrogens with zero attached hydrogens (tertiary/aromatic N) is 5. The number of carbonyl (C=O) groups excluding carboxylic acids is 1. The minimum Gasteiger partial charge on any atom is -0.379 e. The van der Waals surface area contributed by atoms with Crippen LogP contribution >= 0.6 is 0 Å². The summed E-state index contributed by atoms with van der Waals surface area (Å²) in [6, 6.07) is 14.0. The van der Waals surface area contributed by atoms with E-state index in [9.17, 15) is 4.79 Å². The maximum absolute atomic E-state index is 13.1. The van der Waals surface area contributed by atoms with E-state index >= 15 is 0 Å². The molecule has 1 aromatic heterocycles. The van der Waals surface area contributed by atoms with Crippen molar-refractivity contribution in [1.29, 1.82) is 0 Å². The predicted octanol–water partition coefficient (Wildman–Crippen LogP) is 2.40. The third kappa shape index (κ3) is 5.15. The molecule has 1 amide bonds. The van der Waals surface area contributed by atoms with Crippen LogP contribution in [0.3, 0.4) is 0 Å². The largest absolute Gasteiger partial charge is 0.379 e. The first-order chi connectivity index (χ1) is 15.0. The normalized spacial score (nSPS) is 15.6. The third-order valence-electron chi connectivity index (χ3n) is 5.45. The van der Waals surface area contributed by atoms with Crippen LogP contribution in [0.1, 0.15) is 28.7 Å². The lowest BCUT2D eigenvalue weighted by molar-refractivity contribution is 0.0342. The Hall–Kier alpha value is -3.10. The maximum atomic E-state index is 13.1. The van der Waals surface area contributed by atoms with Gasteiger partial charge in [0.2, 0.25) is 0 Å². The van der Waals surface area contributed by atoms with Crippen molar-refractivity contribution in [1.82, 2.24) is 30.4 Å². The van der Waals surface area contributed by atoms with E-state index in [0.29, 0.717) is 11.4 Å². The molecule has 0 radical (unpaired) electrons. The van der Waals surface area contributed by atoms with Crippen LogP contribution in [0, 0.1) is 13.8 Å². The fourth-order valence-corrected chi connectivity index (χ4v) is 3.77. The van der Waals surface area contributed by atoms with Crippen LogP contribution in [0.5, 0.6) is 0 Å².